The second-order valence-corrected chi connectivity index (χ2v) is 5.15. The number of piperazine rings is 1. The van der Waals surface area contributed by atoms with Crippen molar-refractivity contribution < 1.29 is 4.79 Å². The lowest BCUT2D eigenvalue weighted by atomic mass is 10.1. The zero-order valence-corrected chi connectivity index (χ0v) is 10.8. The van der Waals surface area contributed by atoms with E-state index in [-0.39, 0.29) is 12.1 Å². The molecule has 1 amide bonds. The summed E-state index contributed by atoms with van der Waals surface area (Å²) in [5, 5.41) is 3.06. The third-order valence-electron chi connectivity index (χ3n) is 3.74. The Morgan fingerprint density at radius 1 is 1.44 bits per heavy atom. The van der Waals surface area contributed by atoms with Crippen LogP contribution in [-0.2, 0) is 0 Å². The standard InChI is InChI=1S/C13H18N4O/c1-9(2)16-6-7-17-11(8-16)15-13(18)10-4-3-5-14-12(10)17/h3-5,9,11H,6-8H2,1-2H3,(H,15,18)/t11-/m0/s1. The number of aromatic nitrogens is 1. The van der Waals surface area contributed by atoms with Gasteiger partial charge in [-0.15, -0.1) is 0 Å². The Bertz CT molecular complexity index is 474. The molecule has 3 heterocycles. The van der Waals surface area contributed by atoms with Crippen molar-refractivity contribution >= 4 is 11.7 Å². The van der Waals surface area contributed by atoms with Crippen LogP contribution in [0.3, 0.4) is 0 Å². The number of pyridine rings is 1. The van der Waals surface area contributed by atoms with E-state index in [4.69, 9.17) is 0 Å². The fourth-order valence-electron chi connectivity index (χ4n) is 2.68. The molecule has 0 saturated carbocycles. The Morgan fingerprint density at radius 3 is 3.06 bits per heavy atom. The minimum absolute atomic E-state index is 0.00930. The molecule has 0 unspecified atom stereocenters. The van der Waals surface area contributed by atoms with Gasteiger partial charge >= 0.3 is 0 Å². The van der Waals surface area contributed by atoms with Crippen LogP contribution in [0.4, 0.5) is 5.82 Å². The van der Waals surface area contributed by atoms with Gasteiger partial charge in [-0.1, -0.05) is 0 Å². The second-order valence-electron chi connectivity index (χ2n) is 5.15. The van der Waals surface area contributed by atoms with Crippen molar-refractivity contribution in [1.29, 1.82) is 0 Å². The molecule has 2 aliphatic heterocycles. The SMILES string of the molecule is CC(C)N1CCN2c3ncccc3C(=O)N[C@@H]2C1. The summed E-state index contributed by atoms with van der Waals surface area (Å²) >= 11 is 0. The Labute approximate surface area is 107 Å². The minimum Gasteiger partial charge on any atom is -0.333 e. The number of carbonyl (C=O) groups excluding carboxylic acids is 1. The van der Waals surface area contributed by atoms with E-state index in [1.165, 1.54) is 0 Å². The summed E-state index contributed by atoms with van der Waals surface area (Å²) < 4.78 is 0. The van der Waals surface area contributed by atoms with Crippen molar-refractivity contribution in [2.75, 3.05) is 24.5 Å². The van der Waals surface area contributed by atoms with Gasteiger partial charge in [0.1, 0.15) is 12.0 Å². The lowest BCUT2D eigenvalue weighted by Gasteiger charge is -2.46. The van der Waals surface area contributed by atoms with E-state index in [9.17, 15) is 4.79 Å². The fraction of sp³-hybridized carbons (Fsp3) is 0.538. The van der Waals surface area contributed by atoms with Crippen LogP contribution < -0.4 is 10.2 Å². The van der Waals surface area contributed by atoms with Crippen LogP contribution in [0, 0.1) is 0 Å². The minimum atomic E-state index is -0.00930. The molecule has 1 fully saturated rings. The smallest absolute Gasteiger partial charge is 0.256 e. The molecule has 3 rings (SSSR count). The average molecular weight is 246 g/mol. The van der Waals surface area contributed by atoms with Gasteiger partial charge in [0, 0.05) is 31.9 Å². The Morgan fingerprint density at radius 2 is 2.28 bits per heavy atom. The van der Waals surface area contributed by atoms with E-state index >= 15 is 0 Å². The molecule has 18 heavy (non-hydrogen) atoms. The molecule has 0 aliphatic carbocycles. The molecule has 0 radical (unpaired) electrons. The number of nitrogens with zero attached hydrogens (tertiary/aromatic N) is 3. The van der Waals surface area contributed by atoms with Crippen molar-refractivity contribution in [3.8, 4) is 0 Å². The van der Waals surface area contributed by atoms with Crippen molar-refractivity contribution in [1.82, 2.24) is 15.2 Å². The Hall–Kier alpha value is -1.62. The molecular weight excluding hydrogens is 228 g/mol. The first-order valence-corrected chi connectivity index (χ1v) is 6.43. The van der Waals surface area contributed by atoms with Crippen LogP contribution in [0.5, 0.6) is 0 Å². The number of amides is 1. The maximum Gasteiger partial charge on any atom is 0.256 e. The fourth-order valence-corrected chi connectivity index (χ4v) is 2.68. The Balaban J connectivity index is 1.90. The molecular formula is C13H18N4O. The summed E-state index contributed by atoms with van der Waals surface area (Å²) in [4.78, 5) is 21.0. The molecule has 2 aliphatic rings. The maximum atomic E-state index is 12.0. The van der Waals surface area contributed by atoms with Gasteiger partial charge in [-0.25, -0.2) is 4.98 Å². The highest BCUT2D eigenvalue weighted by Crippen LogP contribution is 2.26. The van der Waals surface area contributed by atoms with E-state index in [1.54, 1.807) is 6.20 Å². The first kappa shape index (κ1) is 11.5. The highest BCUT2D eigenvalue weighted by atomic mass is 16.2. The molecule has 0 bridgehead atoms. The van der Waals surface area contributed by atoms with Crippen LogP contribution in [0.25, 0.3) is 0 Å². The number of fused-ring (bicyclic) bond motifs is 3. The summed E-state index contributed by atoms with van der Waals surface area (Å²) in [7, 11) is 0. The van der Waals surface area contributed by atoms with Crippen molar-refractivity contribution in [2.45, 2.75) is 26.1 Å². The van der Waals surface area contributed by atoms with Crippen molar-refractivity contribution in [2.24, 2.45) is 0 Å². The van der Waals surface area contributed by atoms with Crippen LogP contribution in [-0.4, -0.2) is 47.6 Å². The van der Waals surface area contributed by atoms with E-state index in [1.807, 2.05) is 12.1 Å². The molecule has 0 aromatic carbocycles. The number of carbonyl (C=O) groups is 1. The summed E-state index contributed by atoms with van der Waals surface area (Å²) in [5.41, 5.74) is 0.687. The number of rotatable bonds is 1. The zero-order chi connectivity index (χ0) is 12.7. The normalized spacial score (nSPS) is 23.6. The number of anilines is 1. The monoisotopic (exact) mass is 246 g/mol. The molecule has 1 atom stereocenters. The number of hydrogen-bond donors (Lipinski definition) is 1. The second kappa shape index (κ2) is 4.24. The quantitative estimate of drug-likeness (QED) is 0.791. The number of hydrogen-bond acceptors (Lipinski definition) is 4. The molecule has 96 valence electrons. The summed E-state index contributed by atoms with van der Waals surface area (Å²) in [6, 6.07) is 4.15. The number of nitrogens with one attached hydrogen (secondary N) is 1. The van der Waals surface area contributed by atoms with E-state index in [0.29, 0.717) is 11.6 Å². The predicted octanol–water partition coefficient (Wildman–Crippen LogP) is 0.681. The molecule has 5 nitrogen and oxygen atoms in total. The lowest BCUT2D eigenvalue weighted by molar-refractivity contribution is 0.0878. The maximum absolute atomic E-state index is 12.0. The average Bonchev–Trinajstić information content (AvgIpc) is 2.38. The van der Waals surface area contributed by atoms with Crippen molar-refractivity contribution in [3.05, 3.63) is 23.9 Å². The zero-order valence-electron chi connectivity index (χ0n) is 10.8. The van der Waals surface area contributed by atoms with E-state index in [0.717, 1.165) is 25.5 Å². The van der Waals surface area contributed by atoms with Gasteiger partial charge < -0.3 is 10.2 Å². The van der Waals surface area contributed by atoms with Gasteiger partial charge in [0.2, 0.25) is 0 Å². The van der Waals surface area contributed by atoms with E-state index < -0.39 is 0 Å². The van der Waals surface area contributed by atoms with Gasteiger partial charge in [-0.2, -0.15) is 0 Å². The first-order chi connectivity index (χ1) is 8.66. The molecule has 1 saturated heterocycles. The van der Waals surface area contributed by atoms with Gasteiger partial charge in [0.15, 0.2) is 0 Å². The van der Waals surface area contributed by atoms with E-state index in [2.05, 4.69) is 33.9 Å². The third kappa shape index (κ3) is 1.75. The highest BCUT2D eigenvalue weighted by molar-refractivity contribution is 6.01. The Kier molecular flexibility index (Phi) is 2.70. The summed E-state index contributed by atoms with van der Waals surface area (Å²) in [6.45, 7) is 7.16. The molecule has 5 heteroatoms. The lowest BCUT2D eigenvalue weighted by Crippen LogP contribution is -2.64. The summed E-state index contributed by atoms with van der Waals surface area (Å²) in [5.74, 6) is 0.819. The van der Waals surface area contributed by atoms with Crippen LogP contribution >= 0.6 is 0 Å². The topological polar surface area (TPSA) is 48.5 Å². The van der Waals surface area contributed by atoms with Gasteiger partial charge in [0.25, 0.3) is 5.91 Å². The first-order valence-electron chi connectivity index (χ1n) is 6.43. The highest BCUT2D eigenvalue weighted by Gasteiger charge is 2.36. The third-order valence-corrected chi connectivity index (χ3v) is 3.74. The van der Waals surface area contributed by atoms with Gasteiger partial charge in [0.05, 0.1) is 5.56 Å². The van der Waals surface area contributed by atoms with Crippen LogP contribution in [0.15, 0.2) is 18.3 Å². The molecule has 1 N–H and O–H groups in total. The van der Waals surface area contributed by atoms with Crippen LogP contribution in [0.2, 0.25) is 0 Å². The van der Waals surface area contributed by atoms with Gasteiger partial charge in [-0.05, 0) is 26.0 Å². The molecule has 0 spiro atoms. The van der Waals surface area contributed by atoms with Crippen LogP contribution in [0.1, 0.15) is 24.2 Å². The summed E-state index contributed by atoms with van der Waals surface area (Å²) in [6.07, 6.45) is 1.81. The molecule has 1 aromatic rings. The predicted molar refractivity (Wildman–Crippen MR) is 69.5 cm³/mol. The van der Waals surface area contributed by atoms with Gasteiger partial charge in [-0.3, -0.25) is 9.69 Å². The van der Waals surface area contributed by atoms with Crippen molar-refractivity contribution in [3.63, 3.8) is 0 Å². The molecule has 1 aromatic heterocycles. The largest absolute Gasteiger partial charge is 0.333 e.